The number of fused-ring (bicyclic) bond motifs is 1. The highest BCUT2D eigenvalue weighted by atomic mass is 79.9. The summed E-state index contributed by atoms with van der Waals surface area (Å²) in [6, 6.07) is 17.3. The fourth-order valence-electron chi connectivity index (χ4n) is 3.74. The van der Waals surface area contributed by atoms with Crippen molar-refractivity contribution in [2.75, 3.05) is 7.11 Å². The fraction of sp³-hybridized carbons (Fsp3) is 0.214. The van der Waals surface area contributed by atoms with Crippen LogP contribution in [-0.2, 0) is 6.61 Å². The Balaban J connectivity index is 1.63. The average Bonchev–Trinajstić information content (AvgIpc) is 2.91. The quantitative estimate of drug-likeness (QED) is 0.256. The molecule has 0 aliphatic rings. The number of halogens is 1. The number of carboxylic acids is 1. The van der Waals surface area contributed by atoms with Crippen molar-refractivity contribution in [2.24, 2.45) is 5.10 Å². The van der Waals surface area contributed by atoms with Gasteiger partial charge in [0, 0.05) is 10.4 Å². The van der Waals surface area contributed by atoms with Crippen molar-refractivity contribution in [3.8, 4) is 11.5 Å². The number of benzene rings is 3. The van der Waals surface area contributed by atoms with Crippen LogP contribution in [0, 0.1) is 0 Å². The van der Waals surface area contributed by atoms with Gasteiger partial charge in [-0.25, -0.2) is 9.78 Å². The molecule has 1 aromatic heterocycles. The standard InChI is InChI=1S/C28H26BrN3O5/c1-4-17(2)26-31-23-10-9-21(29)14-22(23)27(33)32(26)30-15-18-8-11-24(25(13-18)36-3)37-16-19-6-5-7-20(12-19)28(34)35/h5-15,17H,4,16H2,1-3H3,(H,34,35)/t17-/m1/s1. The van der Waals surface area contributed by atoms with Crippen molar-refractivity contribution >= 4 is 39.0 Å². The van der Waals surface area contributed by atoms with Crippen LogP contribution in [0.3, 0.4) is 0 Å². The van der Waals surface area contributed by atoms with Gasteiger partial charge in [0.05, 0.1) is 29.8 Å². The molecule has 0 amide bonds. The van der Waals surface area contributed by atoms with Gasteiger partial charge in [-0.2, -0.15) is 9.78 Å². The van der Waals surface area contributed by atoms with Gasteiger partial charge in [-0.15, -0.1) is 0 Å². The van der Waals surface area contributed by atoms with Crippen LogP contribution in [0.2, 0.25) is 0 Å². The maximum absolute atomic E-state index is 13.3. The second-order valence-electron chi connectivity index (χ2n) is 8.51. The Kier molecular flexibility index (Phi) is 8.03. The Bertz CT molecular complexity index is 1550. The van der Waals surface area contributed by atoms with Gasteiger partial charge in [-0.1, -0.05) is 41.9 Å². The van der Waals surface area contributed by atoms with E-state index >= 15 is 0 Å². The van der Waals surface area contributed by atoms with E-state index in [1.165, 1.54) is 17.9 Å². The minimum atomic E-state index is -0.993. The van der Waals surface area contributed by atoms with Crippen LogP contribution in [0.5, 0.6) is 11.5 Å². The number of carboxylic acid groups (broad SMARTS) is 1. The lowest BCUT2D eigenvalue weighted by atomic mass is 10.1. The number of hydrogen-bond acceptors (Lipinski definition) is 6. The summed E-state index contributed by atoms with van der Waals surface area (Å²) in [5.41, 5.74) is 2.01. The van der Waals surface area contributed by atoms with Crippen LogP contribution in [0.15, 0.2) is 75.0 Å². The maximum Gasteiger partial charge on any atom is 0.335 e. The fourth-order valence-corrected chi connectivity index (χ4v) is 4.10. The van der Waals surface area contributed by atoms with Crippen molar-refractivity contribution in [2.45, 2.75) is 32.8 Å². The highest BCUT2D eigenvalue weighted by Crippen LogP contribution is 2.29. The molecule has 0 spiro atoms. The molecule has 0 bridgehead atoms. The lowest BCUT2D eigenvalue weighted by Gasteiger charge is -2.14. The van der Waals surface area contributed by atoms with E-state index < -0.39 is 5.97 Å². The molecule has 0 saturated carbocycles. The number of aromatic carboxylic acids is 1. The van der Waals surface area contributed by atoms with Gasteiger partial charge < -0.3 is 14.6 Å². The van der Waals surface area contributed by atoms with Crippen LogP contribution in [0.4, 0.5) is 0 Å². The van der Waals surface area contributed by atoms with Gasteiger partial charge in [-0.3, -0.25) is 4.79 Å². The minimum absolute atomic E-state index is 0.0304. The Labute approximate surface area is 222 Å². The van der Waals surface area contributed by atoms with Crippen LogP contribution >= 0.6 is 15.9 Å². The first kappa shape index (κ1) is 26.1. The molecular weight excluding hydrogens is 538 g/mol. The highest BCUT2D eigenvalue weighted by Gasteiger charge is 2.16. The number of rotatable bonds is 9. The molecule has 4 rings (SSSR count). The van der Waals surface area contributed by atoms with Crippen LogP contribution in [-0.4, -0.2) is 34.1 Å². The summed E-state index contributed by atoms with van der Waals surface area (Å²) in [5, 5.41) is 14.2. The summed E-state index contributed by atoms with van der Waals surface area (Å²) in [7, 11) is 1.53. The first-order valence-corrected chi connectivity index (χ1v) is 12.5. The number of ether oxygens (including phenoxy) is 2. The molecule has 8 nitrogen and oxygen atoms in total. The Morgan fingerprint density at radius 3 is 2.70 bits per heavy atom. The summed E-state index contributed by atoms with van der Waals surface area (Å²) < 4.78 is 13.5. The molecule has 4 aromatic rings. The summed E-state index contributed by atoms with van der Waals surface area (Å²) >= 11 is 3.42. The first-order valence-electron chi connectivity index (χ1n) is 11.7. The summed E-state index contributed by atoms with van der Waals surface area (Å²) in [4.78, 5) is 29.2. The zero-order valence-corrected chi connectivity index (χ0v) is 22.2. The molecular formula is C28H26BrN3O5. The SMILES string of the molecule is CC[C@@H](C)c1nc2ccc(Br)cc2c(=O)n1N=Cc1ccc(OCc2cccc(C(=O)O)c2)c(OC)c1. The van der Waals surface area contributed by atoms with E-state index in [0.29, 0.717) is 33.8 Å². The number of carbonyl (C=O) groups is 1. The van der Waals surface area contributed by atoms with Crippen LogP contribution < -0.4 is 15.0 Å². The highest BCUT2D eigenvalue weighted by molar-refractivity contribution is 9.10. The number of methoxy groups -OCH3 is 1. The van der Waals surface area contributed by atoms with Crippen LogP contribution in [0.25, 0.3) is 10.9 Å². The second kappa shape index (κ2) is 11.4. The van der Waals surface area contributed by atoms with Gasteiger partial charge >= 0.3 is 5.97 Å². The van der Waals surface area contributed by atoms with E-state index in [2.05, 4.69) is 21.0 Å². The third-order valence-electron chi connectivity index (χ3n) is 5.96. The molecule has 190 valence electrons. The smallest absolute Gasteiger partial charge is 0.335 e. The number of hydrogen-bond donors (Lipinski definition) is 1. The van der Waals surface area contributed by atoms with Crippen LogP contribution in [0.1, 0.15) is 53.5 Å². The molecule has 0 fully saturated rings. The first-order chi connectivity index (χ1) is 17.8. The van der Waals surface area contributed by atoms with Crippen molar-refractivity contribution in [3.63, 3.8) is 0 Å². The third-order valence-corrected chi connectivity index (χ3v) is 6.46. The number of aromatic nitrogens is 2. The number of nitrogens with zero attached hydrogens (tertiary/aromatic N) is 3. The predicted octanol–water partition coefficient (Wildman–Crippen LogP) is 5.84. The van der Waals surface area contributed by atoms with E-state index in [4.69, 9.17) is 14.5 Å². The van der Waals surface area contributed by atoms with Gasteiger partial charge in [0.25, 0.3) is 5.56 Å². The molecule has 37 heavy (non-hydrogen) atoms. The van der Waals surface area contributed by atoms with Gasteiger partial charge in [0.2, 0.25) is 0 Å². The van der Waals surface area contributed by atoms with Crippen molar-refractivity contribution < 1.29 is 19.4 Å². The maximum atomic E-state index is 13.3. The minimum Gasteiger partial charge on any atom is -0.493 e. The van der Waals surface area contributed by atoms with Crippen molar-refractivity contribution in [1.29, 1.82) is 0 Å². The lowest BCUT2D eigenvalue weighted by Crippen LogP contribution is -2.23. The normalized spacial score (nSPS) is 12.1. The van der Waals surface area contributed by atoms with Crippen molar-refractivity contribution in [3.05, 3.63) is 98.0 Å². The third kappa shape index (κ3) is 5.89. The second-order valence-corrected chi connectivity index (χ2v) is 9.42. The zero-order chi connectivity index (χ0) is 26.5. The molecule has 0 unspecified atom stereocenters. The Morgan fingerprint density at radius 1 is 1.16 bits per heavy atom. The molecule has 1 atom stereocenters. The van der Waals surface area contributed by atoms with E-state index in [1.54, 1.807) is 48.7 Å². The van der Waals surface area contributed by atoms with E-state index in [0.717, 1.165) is 16.5 Å². The van der Waals surface area contributed by atoms with Crippen molar-refractivity contribution in [1.82, 2.24) is 9.66 Å². The molecule has 1 N–H and O–H groups in total. The molecule has 0 radical (unpaired) electrons. The molecule has 0 aliphatic carbocycles. The monoisotopic (exact) mass is 563 g/mol. The van der Waals surface area contributed by atoms with E-state index in [1.807, 2.05) is 26.0 Å². The summed E-state index contributed by atoms with van der Waals surface area (Å²) in [6.45, 7) is 4.23. The largest absolute Gasteiger partial charge is 0.493 e. The topological polar surface area (TPSA) is 103 Å². The Morgan fingerprint density at radius 2 is 1.97 bits per heavy atom. The average molecular weight is 564 g/mol. The molecule has 3 aromatic carbocycles. The van der Waals surface area contributed by atoms with Gasteiger partial charge in [0.1, 0.15) is 12.4 Å². The van der Waals surface area contributed by atoms with Gasteiger partial charge in [-0.05, 0) is 66.1 Å². The van der Waals surface area contributed by atoms with E-state index in [-0.39, 0.29) is 23.6 Å². The zero-order valence-electron chi connectivity index (χ0n) is 20.6. The summed E-state index contributed by atoms with van der Waals surface area (Å²) in [5.74, 6) is 0.605. The van der Waals surface area contributed by atoms with Gasteiger partial charge in [0.15, 0.2) is 11.5 Å². The van der Waals surface area contributed by atoms with E-state index in [9.17, 15) is 14.7 Å². The molecule has 0 saturated heterocycles. The molecule has 9 heteroatoms. The lowest BCUT2D eigenvalue weighted by molar-refractivity contribution is 0.0696. The molecule has 1 heterocycles. The summed E-state index contributed by atoms with van der Waals surface area (Å²) in [6.07, 6.45) is 2.39. The molecule has 0 aliphatic heterocycles. The Hall–Kier alpha value is -3.98. The predicted molar refractivity (Wildman–Crippen MR) is 146 cm³/mol.